The normalized spacial score (nSPS) is 12.6. The fourth-order valence-corrected chi connectivity index (χ4v) is 2.79. The van der Waals surface area contributed by atoms with E-state index in [0.29, 0.717) is 16.8 Å². The molecular formula is C22H22N4O2. The summed E-state index contributed by atoms with van der Waals surface area (Å²) in [6.45, 7) is 1.72. The highest BCUT2D eigenvalue weighted by Gasteiger charge is 2.23. The first-order chi connectivity index (χ1) is 13.4. The highest BCUT2D eigenvalue weighted by atomic mass is 16.2. The number of hydrogen-bond donors (Lipinski definition) is 3. The van der Waals surface area contributed by atoms with E-state index in [4.69, 9.17) is 5.73 Å². The van der Waals surface area contributed by atoms with Crippen LogP contribution in [0.3, 0.4) is 0 Å². The van der Waals surface area contributed by atoms with E-state index in [0.717, 1.165) is 5.56 Å². The van der Waals surface area contributed by atoms with E-state index in [-0.39, 0.29) is 18.2 Å². The Morgan fingerprint density at radius 1 is 0.964 bits per heavy atom. The number of pyridine rings is 1. The summed E-state index contributed by atoms with van der Waals surface area (Å²) in [4.78, 5) is 28.6. The van der Waals surface area contributed by atoms with Crippen molar-refractivity contribution < 1.29 is 9.59 Å². The van der Waals surface area contributed by atoms with E-state index in [1.165, 1.54) is 0 Å². The number of rotatable bonds is 6. The Morgan fingerprint density at radius 2 is 1.61 bits per heavy atom. The van der Waals surface area contributed by atoms with E-state index >= 15 is 0 Å². The Labute approximate surface area is 163 Å². The summed E-state index contributed by atoms with van der Waals surface area (Å²) in [5.74, 6) is -0.403. The first-order valence-corrected chi connectivity index (χ1v) is 8.90. The summed E-state index contributed by atoms with van der Waals surface area (Å²) >= 11 is 0. The second-order valence-electron chi connectivity index (χ2n) is 6.68. The lowest BCUT2D eigenvalue weighted by Crippen LogP contribution is -2.51. The minimum atomic E-state index is -1.05. The Balaban J connectivity index is 1.64. The van der Waals surface area contributed by atoms with E-state index in [1.54, 1.807) is 55.7 Å². The lowest BCUT2D eigenvalue weighted by Gasteiger charge is -2.27. The molecule has 0 saturated heterocycles. The topological polar surface area (TPSA) is 97.1 Å². The van der Waals surface area contributed by atoms with E-state index in [2.05, 4.69) is 15.6 Å². The van der Waals surface area contributed by atoms with Crippen LogP contribution in [0.2, 0.25) is 0 Å². The molecule has 0 aliphatic heterocycles. The standard InChI is InChI=1S/C22H22N4O2/c1-22(23,26-20(27)15-16-5-3-2-4-6-16)18-9-7-17(8-10-18)21(28)25-19-11-13-24-14-12-19/h2-14H,15,23H2,1H3,(H,26,27)(H,24,25,28). The molecule has 0 aliphatic carbocycles. The fraction of sp³-hybridized carbons (Fsp3) is 0.136. The molecule has 0 aliphatic rings. The molecule has 3 rings (SSSR count). The largest absolute Gasteiger partial charge is 0.334 e. The van der Waals surface area contributed by atoms with Gasteiger partial charge in [-0.25, -0.2) is 0 Å². The molecular weight excluding hydrogens is 352 g/mol. The van der Waals surface area contributed by atoms with Gasteiger partial charge in [0.05, 0.1) is 6.42 Å². The number of nitrogens with zero attached hydrogens (tertiary/aromatic N) is 1. The van der Waals surface area contributed by atoms with Gasteiger partial charge in [0, 0.05) is 23.6 Å². The monoisotopic (exact) mass is 374 g/mol. The van der Waals surface area contributed by atoms with Crippen molar-refractivity contribution in [3.8, 4) is 0 Å². The number of aromatic nitrogens is 1. The molecule has 28 heavy (non-hydrogen) atoms. The van der Waals surface area contributed by atoms with E-state index < -0.39 is 5.66 Å². The molecule has 6 nitrogen and oxygen atoms in total. The van der Waals surface area contributed by atoms with Crippen molar-refractivity contribution in [3.63, 3.8) is 0 Å². The van der Waals surface area contributed by atoms with Gasteiger partial charge >= 0.3 is 0 Å². The average Bonchev–Trinajstić information content (AvgIpc) is 2.69. The van der Waals surface area contributed by atoms with E-state index in [9.17, 15) is 9.59 Å². The molecule has 2 amide bonds. The van der Waals surface area contributed by atoms with Gasteiger partial charge in [0.15, 0.2) is 0 Å². The molecule has 6 heteroatoms. The summed E-state index contributed by atoms with van der Waals surface area (Å²) in [6.07, 6.45) is 3.47. The Bertz CT molecular complexity index is 939. The van der Waals surface area contributed by atoms with Gasteiger partial charge in [-0.1, -0.05) is 42.5 Å². The summed E-state index contributed by atoms with van der Waals surface area (Å²) < 4.78 is 0. The van der Waals surface area contributed by atoms with Crippen molar-refractivity contribution in [1.82, 2.24) is 10.3 Å². The van der Waals surface area contributed by atoms with Crippen LogP contribution < -0.4 is 16.4 Å². The third-order valence-electron chi connectivity index (χ3n) is 4.29. The van der Waals surface area contributed by atoms with Crippen LogP contribution in [0.15, 0.2) is 79.1 Å². The number of benzene rings is 2. The van der Waals surface area contributed by atoms with Crippen LogP contribution in [-0.2, 0) is 16.9 Å². The summed E-state index contributed by atoms with van der Waals surface area (Å²) in [6, 6.07) is 19.7. The molecule has 0 fully saturated rings. The van der Waals surface area contributed by atoms with Crippen LogP contribution in [0.1, 0.15) is 28.4 Å². The second kappa shape index (κ2) is 8.45. The molecule has 142 valence electrons. The second-order valence-corrected chi connectivity index (χ2v) is 6.68. The molecule has 0 radical (unpaired) electrons. The highest BCUT2D eigenvalue weighted by Crippen LogP contribution is 2.17. The Hall–Kier alpha value is -3.51. The third-order valence-corrected chi connectivity index (χ3v) is 4.29. The molecule has 1 aromatic heterocycles. The predicted octanol–water partition coefficient (Wildman–Crippen LogP) is 2.82. The minimum Gasteiger partial charge on any atom is -0.334 e. The van der Waals surface area contributed by atoms with Gasteiger partial charge in [0.25, 0.3) is 5.91 Å². The molecule has 0 spiro atoms. The number of carbonyl (C=O) groups excluding carboxylic acids is 2. The van der Waals surface area contributed by atoms with Crippen molar-refractivity contribution in [2.24, 2.45) is 5.73 Å². The zero-order valence-corrected chi connectivity index (χ0v) is 15.6. The van der Waals surface area contributed by atoms with Gasteiger partial charge < -0.3 is 16.4 Å². The fourth-order valence-electron chi connectivity index (χ4n) is 2.79. The number of carbonyl (C=O) groups is 2. The molecule has 2 aromatic carbocycles. The van der Waals surface area contributed by atoms with Gasteiger partial charge in [-0.05, 0) is 42.3 Å². The molecule has 3 aromatic rings. The first kappa shape index (κ1) is 19.3. The van der Waals surface area contributed by atoms with Crippen LogP contribution >= 0.6 is 0 Å². The molecule has 1 unspecified atom stereocenters. The molecule has 0 saturated carbocycles. The summed E-state index contributed by atoms with van der Waals surface area (Å²) in [5.41, 5.74) is 8.03. The van der Waals surface area contributed by atoms with Gasteiger partial charge in [-0.3, -0.25) is 14.6 Å². The van der Waals surface area contributed by atoms with Crippen molar-refractivity contribution in [1.29, 1.82) is 0 Å². The summed E-state index contributed by atoms with van der Waals surface area (Å²) in [7, 11) is 0. The summed E-state index contributed by atoms with van der Waals surface area (Å²) in [5, 5.41) is 5.64. The SMILES string of the molecule is CC(N)(NC(=O)Cc1ccccc1)c1ccc(C(=O)Nc2ccncc2)cc1. The Kier molecular flexibility index (Phi) is 5.81. The Morgan fingerprint density at radius 3 is 2.25 bits per heavy atom. The lowest BCUT2D eigenvalue weighted by molar-refractivity contribution is -0.122. The number of amides is 2. The highest BCUT2D eigenvalue weighted by molar-refractivity contribution is 6.04. The number of nitrogens with two attached hydrogens (primary N) is 1. The quantitative estimate of drug-likeness (QED) is 0.578. The van der Waals surface area contributed by atoms with Gasteiger partial charge in [-0.2, -0.15) is 0 Å². The number of nitrogens with one attached hydrogen (secondary N) is 2. The number of anilines is 1. The van der Waals surface area contributed by atoms with E-state index in [1.807, 2.05) is 30.3 Å². The first-order valence-electron chi connectivity index (χ1n) is 8.90. The third kappa shape index (κ3) is 5.02. The van der Waals surface area contributed by atoms with Crippen LogP contribution in [-0.4, -0.2) is 16.8 Å². The van der Waals surface area contributed by atoms with Crippen molar-refractivity contribution in [2.45, 2.75) is 19.0 Å². The average molecular weight is 374 g/mol. The molecule has 1 atom stereocenters. The number of hydrogen-bond acceptors (Lipinski definition) is 4. The van der Waals surface area contributed by atoms with Crippen LogP contribution in [0.4, 0.5) is 5.69 Å². The predicted molar refractivity (Wildman–Crippen MR) is 108 cm³/mol. The van der Waals surface area contributed by atoms with Crippen LogP contribution in [0.5, 0.6) is 0 Å². The van der Waals surface area contributed by atoms with Crippen molar-refractivity contribution in [2.75, 3.05) is 5.32 Å². The smallest absolute Gasteiger partial charge is 0.255 e. The minimum absolute atomic E-state index is 0.171. The maximum absolute atomic E-state index is 12.3. The zero-order chi connectivity index (χ0) is 20.0. The maximum Gasteiger partial charge on any atom is 0.255 e. The zero-order valence-electron chi connectivity index (χ0n) is 15.6. The van der Waals surface area contributed by atoms with Gasteiger partial charge in [-0.15, -0.1) is 0 Å². The maximum atomic E-state index is 12.3. The van der Waals surface area contributed by atoms with Gasteiger partial charge in [0.2, 0.25) is 5.91 Å². The molecule has 1 heterocycles. The van der Waals surface area contributed by atoms with Crippen LogP contribution in [0.25, 0.3) is 0 Å². The van der Waals surface area contributed by atoms with Crippen molar-refractivity contribution >= 4 is 17.5 Å². The lowest BCUT2D eigenvalue weighted by atomic mass is 10.00. The van der Waals surface area contributed by atoms with Gasteiger partial charge in [0.1, 0.15) is 5.66 Å². The molecule has 4 N–H and O–H groups in total. The van der Waals surface area contributed by atoms with Crippen molar-refractivity contribution in [3.05, 3.63) is 95.8 Å². The van der Waals surface area contributed by atoms with Crippen LogP contribution in [0, 0.1) is 0 Å². The molecule has 0 bridgehead atoms.